The third-order valence-corrected chi connectivity index (χ3v) is 6.79. The van der Waals surface area contributed by atoms with Gasteiger partial charge in [-0.3, -0.25) is 0 Å². The number of rotatable bonds is 4. The van der Waals surface area contributed by atoms with Gasteiger partial charge in [0.15, 0.2) is 0 Å². The maximum Gasteiger partial charge on any atom is 0 e. The molecule has 144 valence electrons. The van der Waals surface area contributed by atoms with Crippen LogP contribution in [0.15, 0.2) is 84.9 Å². The molecule has 4 aromatic carbocycles. The molecule has 0 saturated carbocycles. The molecule has 0 fully saturated rings. The van der Waals surface area contributed by atoms with Crippen molar-refractivity contribution in [1.82, 2.24) is 0 Å². The molecular weight excluding hydrogens is 527 g/mol. The van der Waals surface area contributed by atoms with Crippen molar-refractivity contribution in [2.75, 3.05) is 0 Å². The summed E-state index contributed by atoms with van der Waals surface area (Å²) < 4.78 is 0. The normalized spacial score (nSPS) is 12.5. The standard InChI is InChI=1S/C29H24.Hf/c1-3-14-24-22(8-1)18-28-20(12-6-16-26(24)28)10-5-11-21-13-7-17-27-25-15-4-2-9-23(25)19-29(21)27;/h1-4,6-9,12-17H,5,10-11,18-19H2;. The van der Waals surface area contributed by atoms with Crippen LogP contribution in [0.5, 0.6) is 0 Å². The maximum atomic E-state index is 2.34. The van der Waals surface area contributed by atoms with Gasteiger partial charge in [0.1, 0.15) is 0 Å². The Morgan fingerprint density at radius 3 is 1.40 bits per heavy atom. The molecule has 1 heteroatoms. The molecule has 2 aliphatic carbocycles. The molecule has 0 N–H and O–H groups in total. The summed E-state index contributed by atoms with van der Waals surface area (Å²) in [5.41, 5.74) is 14.9. The van der Waals surface area contributed by atoms with Gasteiger partial charge in [-0.2, -0.15) is 0 Å². The summed E-state index contributed by atoms with van der Waals surface area (Å²) in [6.45, 7) is 0. The Hall–Kier alpha value is -2.25. The van der Waals surface area contributed by atoms with Crippen molar-refractivity contribution in [1.29, 1.82) is 0 Å². The van der Waals surface area contributed by atoms with Crippen molar-refractivity contribution in [2.45, 2.75) is 32.1 Å². The summed E-state index contributed by atoms with van der Waals surface area (Å²) in [7, 11) is 0. The predicted octanol–water partition coefficient (Wildman–Crippen LogP) is 7.00. The van der Waals surface area contributed by atoms with Gasteiger partial charge in [0.25, 0.3) is 0 Å². The summed E-state index contributed by atoms with van der Waals surface area (Å²) >= 11 is 0. The van der Waals surface area contributed by atoms with Crippen molar-refractivity contribution in [3.63, 3.8) is 0 Å². The first kappa shape index (κ1) is 19.7. The van der Waals surface area contributed by atoms with Crippen LogP contribution in [0.4, 0.5) is 0 Å². The third kappa shape index (κ3) is 3.24. The van der Waals surface area contributed by atoms with E-state index in [9.17, 15) is 0 Å². The van der Waals surface area contributed by atoms with Gasteiger partial charge in [0.05, 0.1) is 0 Å². The van der Waals surface area contributed by atoms with Gasteiger partial charge in [-0.05, 0) is 87.7 Å². The van der Waals surface area contributed by atoms with Crippen molar-refractivity contribution >= 4 is 0 Å². The van der Waals surface area contributed by atoms with E-state index >= 15 is 0 Å². The molecule has 0 radical (unpaired) electrons. The smallest absolute Gasteiger partial charge is 0 e. The first-order valence-electron chi connectivity index (χ1n) is 10.8. The third-order valence-electron chi connectivity index (χ3n) is 6.79. The SMILES string of the molecule is [Hf].c1ccc2c(c1)Cc1c(CCCc3cccc4c3Cc3ccccc3-4)cccc1-2. The van der Waals surface area contributed by atoms with Crippen molar-refractivity contribution in [3.05, 3.63) is 118 Å². The Balaban J connectivity index is 0.00000193. The Bertz CT molecular complexity index is 1140. The van der Waals surface area contributed by atoms with Gasteiger partial charge in [0, 0.05) is 25.8 Å². The zero-order valence-corrected chi connectivity index (χ0v) is 20.7. The fourth-order valence-corrected chi connectivity index (χ4v) is 5.38. The van der Waals surface area contributed by atoms with Gasteiger partial charge in [-0.1, -0.05) is 84.9 Å². The second-order valence-corrected chi connectivity index (χ2v) is 8.41. The van der Waals surface area contributed by atoms with Crippen LogP contribution >= 0.6 is 0 Å². The second kappa shape index (κ2) is 8.12. The van der Waals surface area contributed by atoms with E-state index in [2.05, 4.69) is 84.9 Å². The van der Waals surface area contributed by atoms with Crippen LogP contribution in [-0.2, 0) is 51.5 Å². The van der Waals surface area contributed by atoms with Crippen molar-refractivity contribution in [2.24, 2.45) is 0 Å². The Labute approximate surface area is 197 Å². The molecule has 0 bridgehead atoms. The summed E-state index contributed by atoms with van der Waals surface area (Å²) in [5.74, 6) is 0. The zero-order chi connectivity index (χ0) is 19.2. The molecule has 0 saturated heterocycles. The first-order valence-corrected chi connectivity index (χ1v) is 10.8. The number of hydrogen-bond acceptors (Lipinski definition) is 0. The van der Waals surface area contributed by atoms with E-state index in [1.165, 1.54) is 50.9 Å². The van der Waals surface area contributed by atoms with Crippen LogP contribution in [0.3, 0.4) is 0 Å². The fourth-order valence-electron chi connectivity index (χ4n) is 5.38. The first-order chi connectivity index (χ1) is 14.4. The summed E-state index contributed by atoms with van der Waals surface area (Å²) in [6, 6.07) is 31.5. The second-order valence-electron chi connectivity index (χ2n) is 8.41. The Kier molecular flexibility index (Phi) is 5.33. The minimum atomic E-state index is 0. The van der Waals surface area contributed by atoms with Crippen LogP contribution < -0.4 is 0 Å². The van der Waals surface area contributed by atoms with Gasteiger partial charge in [-0.25, -0.2) is 0 Å². The minimum absolute atomic E-state index is 0. The molecule has 0 spiro atoms. The van der Waals surface area contributed by atoms with Gasteiger partial charge < -0.3 is 0 Å². The van der Waals surface area contributed by atoms with E-state index < -0.39 is 0 Å². The van der Waals surface area contributed by atoms with E-state index in [1.807, 2.05) is 0 Å². The molecule has 30 heavy (non-hydrogen) atoms. The summed E-state index contributed by atoms with van der Waals surface area (Å²) in [6.07, 6.45) is 5.72. The van der Waals surface area contributed by atoms with Crippen molar-refractivity contribution in [3.8, 4) is 22.3 Å². The molecule has 0 unspecified atom stereocenters. The predicted molar refractivity (Wildman–Crippen MR) is 121 cm³/mol. The zero-order valence-electron chi connectivity index (χ0n) is 17.1. The van der Waals surface area contributed by atoms with E-state index in [0.29, 0.717) is 0 Å². The largest absolute Gasteiger partial charge is 0.0619 e. The van der Waals surface area contributed by atoms with Crippen LogP contribution in [0.25, 0.3) is 22.3 Å². The molecule has 0 aliphatic heterocycles. The van der Waals surface area contributed by atoms with Crippen LogP contribution in [0.2, 0.25) is 0 Å². The Morgan fingerprint density at radius 1 is 0.467 bits per heavy atom. The molecule has 2 aliphatic rings. The van der Waals surface area contributed by atoms with Crippen LogP contribution in [0, 0.1) is 0 Å². The number of hydrogen-bond donors (Lipinski definition) is 0. The van der Waals surface area contributed by atoms with Gasteiger partial charge >= 0.3 is 0 Å². The molecule has 0 nitrogen and oxygen atoms in total. The average molecular weight is 551 g/mol. The monoisotopic (exact) mass is 552 g/mol. The van der Waals surface area contributed by atoms with E-state index in [4.69, 9.17) is 0 Å². The molecule has 0 heterocycles. The minimum Gasteiger partial charge on any atom is -0.0619 e. The van der Waals surface area contributed by atoms with E-state index in [1.54, 1.807) is 11.1 Å². The average Bonchev–Trinajstić information content (AvgIpc) is 3.33. The molecule has 6 rings (SSSR count). The summed E-state index contributed by atoms with van der Waals surface area (Å²) in [5, 5.41) is 0. The van der Waals surface area contributed by atoms with Gasteiger partial charge in [-0.15, -0.1) is 0 Å². The summed E-state index contributed by atoms with van der Waals surface area (Å²) in [4.78, 5) is 0. The number of aryl methyl sites for hydroxylation is 2. The Morgan fingerprint density at radius 2 is 0.900 bits per heavy atom. The molecule has 0 amide bonds. The maximum absolute atomic E-state index is 2.34. The number of benzene rings is 4. The van der Waals surface area contributed by atoms with Crippen LogP contribution in [-0.4, -0.2) is 0 Å². The fraction of sp³-hybridized carbons (Fsp3) is 0.172. The van der Waals surface area contributed by atoms with E-state index in [-0.39, 0.29) is 25.8 Å². The molecular formula is C29H24Hf. The van der Waals surface area contributed by atoms with Crippen molar-refractivity contribution < 1.29 is 25.8 Å². The molecule has 0 atom stereocenters. The van der Waals surface area contributed by atoms with Crippen LogP contribution in [0.1, 0.15) is 39.8 Å². The number of fused-ring (bicyclic) bond motifs is 6. The topological polar surface area (TPSA) is 0 Å². The molecule has 0 aromatic heterocycles. The van der Waals surface area contributed by atoms with Gasteiger partial charge in [0.2, 0.25) is 0 Å². The quantitative estimate of drug-likeness (QED) is 0.207. The molecule has 4 aromatic rings. The van der Waals surface area contributed by atoms with E-state index in [0.717, 1.165) is 25.7 Å².